The number of ether oxygens (including phenoxy) is 1. The van der Waals surface area contributed by atoms with Gasteiger partial charge < -0.3 is 4.74 Å². The number of hydrogen-bond donors (Lipinski definition) is 0. The summed E-state index contributed by atoms with van der Waals surface area (Å²) in [5.74, 6) is -0.718. The minimum absolute atomic E-state index is 0.245. The van der Waals surface area contributed by atoms with Crippen LogP contribution in [0.4, 0.5) is 0 Å². The molecule has 18 heavy (non-hydrogen) atoms. The fraction of sp³-hybridized carbons (Fsp3) is 0.167. The Morgan fingerprint density at radius 3 is 3.11 bits per heavy atom. The second kappa shape index (κ2) is 5.10. The number of carbonyl (C=O) groups is 1. The van der Waals surface area contributed by atoms with Crippen LogP contribution >= 0.6 is 0 Å². The van der Waals surface area contributed by atoms with E-state index in [-0.39, 0.29) is 5.56 Å². The second-order valence-electron chi connectivity index (χ2n) is 3.47. The van der Waals surface area contributed by atoms with Gasteiger partial charge in [0.05, 0.1) is 17.5 Å². The van der Waals surface area contributed by atoms with Gasteiger partial charge in [0.25, 0.3) is 6.26 Å². The number of hydrogen-bond acceptors (Lipinski definition) is 5. The molecule has 0 atom stereocenters. The highest BCUT2D eigenvalue weighted by molar-refractivity contribution is 5.96. The molecule has 0 aliphatic rings. The first-order valence-electron chi connectivity index (χ1n) is 5.34. The van der Waals surface area contributed by atoms with Crippen LogP contribution in [0.25, 0.3) is 11.3 Å². The van der Waals surface area contributed by atoms with Crippen molar-refractivity contribution in [1.29, 1.82) is 5.26 Å². The van der Waals surface area contributed by atoms with E-state index in [1.807, 2.05) is 6.92 Å². The molecule has 0 fully saturated rings. The average molecular weight is 242 g/mol. The maximum Gasteiger partial charge on any atom is 0.355 e. The molecule has 0 saturated heterocycles. The molecule has 0 amide bonds. The predicted octanol–water partition coefficient (Wildman–Crippen LogP) is 1.60. The van der Waals surface area contributed by atoms with Gasteiger partial charge in [-0.05, 0) is 19.1 Å². The monoisotopic (exact) mass is 242 g/mol. The zero-order chi connectivity index (χ0) is 13.0. The first kappa shape index (κ1) is 11.8. The summed E-state index contributed by atoms with van der Waals surface area (Å²) in [7, 11) is 0. The van der Waals surface area contributed by atoms with Gasteiger partial charge in [0, 0.05) is 24.5 Å². The Morgan fingerprint density at radius 1 is 1.61 bits per heavy atom. The highest BCUT2D eigenvalue weighted by Gasteiger charge is 2.16. The van der Waals surface area contributed by atoms with Crippen LogP contribution in [0.2, 0.25) is 0 Å². The van der Waals surface area contributed by atoms with E-state index in [0.717, 1.165) is 6.54 Å². The molecule has 0 aromatic carbocycles. The first-order chi connectivity index (χ1) is 8.76. The quantitative estimate of drug-likeness (QED) is 0.603. The number of nitrogens with zero attached hydrogens (tertiary/aromatic N) is 4. The number of esters is 1. The lowest BCUT2D eigenvalue weighted by atomic mass is 10.1. The molecule has 0 bridgehead atoms. The third kappa shape index (κ3) is 2.20. The minimum atomic E-state index is -0.718. The van der Waals surface area contributed by atoms with Gasteiger partial charge >= 0.3 is 5.97 Å². The SMILES string of the molecule is CCn1cc(-c2ncccc2C(=O)OC#N)cn1. The van der Waals surface area contributed by atoms with Crippen LogP contribution < -0.4 is 0 Å². The van der Waals surface area contributed by atoms with E-state index in [1.54, 1.807) is 35.4 Å². The van der Waals surface area contributed by atoms with E-state index < -0.39 is 5.97 Å². The van der Waals surface area contributed by atoms with Crippen LogP contribution in [-0.4, -0.2) is 20.7 Å². The van der Waals surface area contributed by atoms with E-state index in [1.165, 1.54) is 6.26 Å². The first-order valence-corrected chi connectivity index (χ1v) is 5.34. The molecule has 0 radical (unpaired) electrons. The van der Waals surface area contributed by atoms with Crippen molar-refractivity contribution in [2.24, 2.45) is 0 Å². The Morgan fingerprint density at radius 2 is 2.44 bits per heavy atom. The Balaban J connectivity index is 2.45. The van der Waals surface area contributed by atoms with Gasteiger partial charge in [-0.25, -0.2) is 4.79 Å². The van der Waals surface area contributed by atoms with Crippen molar-refractivity contribution in [3.63, 3.8) is 0 Å². The molecule has 2 aromatic heterocycles. The third-order valence-electron chi connectivity index (χ3n) is 2.40. The fourth-order valence-corrected chi connectivity index (χ4v) is 1.56. The number of rotatable bonds is 3. The zero-order valence-electron chi connectivity index (χ0n) is 9.70. The fourth-order valence-electron chi connectivity index (χ4n) is 1.56. The van der Waals surface area contributed by atoms with Gasteiger partial charge in [0.2, 0.25) is 0 Å². The van der Waals surface area contributed by atoms with Crippen molar-refractivity contribution in [1.82, 2.24) is 14.8 Å². The smallest absolute Gasteiger partial charge is 0.347 e. The average Bonchev–Trinajstić information content (AvgIpc) is 2.87. The van der Waals surface area contributed by atoms with E-state index in [0.29, 0.717) is 11.3 Å². The maximum absolute atomic E-state index is 11.6. The normalized spacial score (nSPS) is 9.78. The van der Waals surface area contributed by atoms with Crippen LogP contribution in [0, 0.1) is 11.5 Å². The van der Waals surface area contributed by atoms with Gasteiger partial charge in [-0.2, -0.15) is 5.10 Å². The largest absolute Gasteiger partial charge is 0.355 e. The van der Waals surface area contributed by atoms with E-state index in [4.69, 9.17) is 5.26 Å². The van der Waals surface area contributed by atoms with Gasteiger partial charge in [0.15, 0.2) is 0 Å². The lowest BCUT2D eigenvalue weighted by molar-refractivity contribution is 0.0685. The Bertz CT molecular complexity index is 613. The maximum atomic E-state index is 11.6. The van der Waals surface area contributed by atoms with Gasteiger partial charge in [-0.3, -0.25) is 9.67 Å². The number of aryl methyl sites for hydroxylation is 1. The zero-order valence-corrected chi connectivity index (χ0v) is 9.70. The molecule has 0 spiro atoms. The van der Waals surface area contributed by atoms with E-state index >= 15 is 0 Å². The number of carbonyl (C=O) groups excluding carboxylic acids is 1. The summed E-state index contributed by atoms with van der Waals surface area (Å²) in [6, 6.07) is 3.17. The summed E-state index contributed by atoms with van der Waals surface area (Å²) in [5, 5.41) is 12.5. The molecule has 2 rings (SSSR count). The lowest BCUT2D eigenvalue weighted by Crippen LogP contribution is -2.04. The number of nitriles is 1. The standard InChI is InChI=1S/C12H10N4O2/c1-2-16-7-9(6-15-16)11-10(4-3-5-14-11)12(17)18-8-13/h3-7H,2H2,1H3. The van der Waals surface area contributed by atoms with Crippen LogP contribution in [-0.2, 0) is 11.3 Å². The summed E-state index contributed by atoms with van der Waals surface area (Å²) in [5.41, 5.74) is 1.41. The molecule has 0 saturated carbocycles. The van der Waals surface area contributed by atoms with Gasteiger partial charge in [0.1, 0.15) is 0 Å². The van der Waals surface area contributed by atoms with Gasteiger partial charge in [-0.15, -0.1) is 5.26 Å². The highest BCUT2D eigenvalue weighted by Crippen LogP contribution is 2.21. The van der Waals surface area contributed by atoms with Crippen molar-refractivity contribution < 1.29 is 9.53 Å². The summed E-state index contributed by atoms with van der Waals surface area (Å²) in [4.78, 5) is 15.7. The summed E-state index contributed by atoms with van der Waals surface area (Å²) < 4.78 is 6.05. The van der Waals surface area contributed by atoms with Crippen molar-refractivity contribution >= 4 is 5.97 Å². The number of pyridine rings is 1. The van der Waals surface area contributed by atoms with Crippen molar-refractivity contribution in [2.45, 2.75) is 13.5 Å². The molecule has 0 aliphatic carbocycles. The topological polar surface area (TPSA) is 80.8 Å². The molecule has 6 heteroatoms. The van der Waals surface area contributed by atoms with Gasteiger partial charge in [-0.1, -0.05) is 0 Å². The summed E-state index contributed by atoms with van der Waals surface area (Å²) in [6.45, 7) is 2.69. The summed E-state index contributed by atoms with van der Waals surface area (Å²) in [6.07, 6.45) is 6.34. The minimum Gasteiger partial charge on any atom is -0.347 e. The molecule has 0 aliphatic heterocycles. The van der Waals surface area contributed by atoms with E-state index in [2.05, 4.69) is 14.8 Å². The Labute approximate surface area is 103 Å². The van der Waals surface area contributed by atoms with E-state index in [9.17, 15) is 4.79 Å². The predicted molar refractivity (Wildman–Crippen MR) is 62.2 cm³/mol. The second-order valence-corrected chi connectivity index (χ2v) is 3.47. The number of aromatic nitrogens is 3. The molecular weight excluding hydrogens is 232 g/mol. The molecule has 2 heterocycles. The van der Waals surface area contributed by atoms with Crippen LogP contribution in [0.3, 0.4) is 0 Å². The van der Waals surface area contributed by atoms with Crippen molar-refractivity contribution in [2.75, 3.05) is 0 Å². The summed E-state index contributed by atoms with van der Waals surface area (Å²) >= 11 is 0. The lowest BCUT2D eigenvalue weighted by Gasteiger charge is -2.02. The van der Waals surface area contributed by atoms with Crippen LogP contribution in [0.15, 0.2) is 30.7 Å². The van der Waals surface area contributed by atoms with Crippen molar-refractivity contribution in [3.05, 3.63) is 36.3 Å². The Kier molecular flexibility index (Phi) is 3.34. The molecule has 6 nitrogen and oxygen atoms in total. The van der Waals surface area contributed by atoms with Crippen LogP contribution in [0.1, 0.15) is 17.3 Å². The molecule has 2 aromatic rings. The van der Waals surface area contributed by atoms with Crippen LogP contribution in [0.5, 0.6) is 0 Å². The molecule has 90 valence electrons. The highest BCUT2D eigenvalue weighted by atomic mass is 16.5. The Hall–Kier alpha value is -2.68. The van der Waals surface area contributed by atoms with Crippen molar-refractivity contribution in [3.8, 4) is 17.5 Å². The third-order valence-corrected chi connectivity index (χ3v) is 2.40. The molecule has 0 unspecified atom stereocenters. The molecular formula is C12H10N4O2. The molecule has 0 N–H and O–H groups in total.